The number of rotatable bonds is 0. The standard InChI is InChI=1S/C6H6OS/c1-3-7-5-2-4-8-6(1)5/h2,4H,1,3H2. The Morgan fingerprint density at radius 3 is 3.50 bits per heavy atom. The first-order valence-corrected chi connectivity index (χ1v) is 3.54. The molecule has 42 valence electrons. The SMILES string of the molecule is c1cc2c(s1)CCO2. The van der Waals surface area contributed by atoms with E-state index in [1.54, 1.807) is 11.3 Å². The molecule has 0 amide bonds. The van der Waals surface area contributed by atoms with Crippen LogP contribution in [0.1, 0.15) is 4.88 Å². The summed E-state index contributed by atoms with van der Waals surface area (Å²) in [6, 6.07) is 2.03. The van der Waals surface area contributed by atoms with Crippen molar-refractivity contribution >= 4 is 11.3 Å². The minimum atomic E-state index is 0.891. The lowest BCUT2D eigenvalue weighted by molar-refractivity contribution is 0.357. The van der Waals surface area contributed by atoms with E-state index >= 15 is 0 Å². The van der Waals surface area contributed by atoms with Gasteiger partial charge in [0.15, 0.2) is 0 Å². The van der Waals surface area contributed by atoms with E-state index in [0.717, 1.165) is 18.8 Å². The minimum Gasteiger partial charge on any atom is -0.492 e. The van der Waals surface area contributed by atoms with Crippen molar-refractivity contribution in [3.63, 3.8) is 0 Å². The van der Waals surface area contributed by atoms with Crippen LogP contribution < -0.4 is 4.74 Å². The predicted octanol–water partition coefficient (Wildman–Crippen LogP) is 1.68. The lowest BCUT2D eigenvalue weighted by Gasteiger charge is -1.87. The van der Waals surface area contributed by atoms with Crippen LogP contribution in [-0.4, -0.2) is 6.61 Å². The summed E-state index contributed by atoms with van der Waals surface area (Å²) >= 11 is 1.79. The second kappa shape index (κ2) is 1.49. The van der Waals surface area contributed by atoms with Crippen LogP contribution >= 0.6 is 11.3 Å². The average molecular weight is 126 g/mol. The summed E-state index contributed by atoms with van der Waals surface area (Å²) in [4.78, 5) is 1.41. The number of hydrogen-bond acceptors (Lipinski definition) is 2. The Bertz CT molecular complexity index is 174. The molecule has 1 aliphatic heterocycles. The highest BCUT2D eigenvalue weighted by molar-refractivity contribution is 7.10. The summed E-state index contributed by atoms with van der Waals surface area (Å²) in [6.45, 7) is 0.891. The maximum atomic E-state index is 5.25. The smallest absolute Gasteiger partial charge is 0.133 e. The largest absolute Gasteiger partial charge is 0.492 e. The van der Waals surface area contributed by atoms with E-state index in [1.807, 2.05) is 6.07 Å². The maximum absolute atomic E-state index is 5.25. The zero-order chi connectivity index (χ0) is 5.40. The number of thiophene rings is 1. The van der Waals surface area contributed by atoms with Crippen molar-refractivity contribution in [1.82, 2.24) is 0 Å². The van der Waals surface area contributed by atoms with Crippen LogP contribution in [0.4, 0.5) is 0 Å². The van der Waals surface area contributed by atoms with Crippen molar-refractivity contribution in [2.75, 3.05) is 6.61 Å². The van der Waals surface area contributed by atoms with Gasteiger partial charge in [-0.25, -0.2) is 0 Å². The van der Waals surface area contributed by atoms with Crippen molar-refractivity contribution in [3.05, 3.63) is 16.3 Å². The van der Waals surface area contributed by atoms with Crippen LogP contribution in [0.5, 0.6) is 5.75 Å². The van der Waals surface area contributed by atoms with Crippen molar-refractivity contribution < 1.29 is 4.74 Å². The third-order valence-corrected chi connectivity index (χ3v) is 2.25. The third kappa shape index (κ3) is 0.464. The Balaban J connectivity index is 2.54. The van der Waals surface area contributed by atoms with Crippen LogP contribution in [0.15, 0.2) is 11.4 Å². The lowest BCUT2D eigenvalue weighted by atomic mass is 10.4. The fourth-order valence-corrected chi connectivity index (χ4v) is 1.69. The van der Waals surface area contributed by atoms with Crippen LogP contribution in [-0.2, 0) is 6.42 Å². The Morgan fingerprint density at radius 1 is 1.62 bits per heavy atom. The molecule has 0 fully saturated rings. The van der Waals surface area contributed by atoms with Gasteiger partial charge in [0.2, 0.25) is 0 Å². The van der Waals surface area contributed by atoms with Gasteiger partial charge in [0.1, 0.15) is 5.75 Å². The van der Waals surface area contributed by atoms with Crippen molar-refractivity contribution in [3.8, 4) is 5.75 Å². The Morgan fingerprint density at radius 2 is 2.62 bits per heavy atom. The van der Waals surface area contributed by atoms with Gasteiger partial charge in [0, 0.05) is 11.3 Å². The first-order valence-electron chi connectivity index (χ1n) is 2.66. The molecule has 0 saturated carbocycles. The Hall–Kier alpha value is -0.500. The van der Waals surface area contributed by atoms with E-state index < -0.39 is 0 Å². The van der Waals surface area contributed by atoms with Gasteiger partial charge in [0.25, 0.3) is 0 Å². The average Bonchev–Trinajstić information content (AvgIpc) is 2.15. The summed E-state index contributed by atoms with van der Waals surface area (Å²) in [5.41, 5.74) is 0. The highest BCUT2D eigenvalue weighted by atomic mass is 32.1. The molecule has 1 aromatic heterocycles. The molecular weight excluding hydrogens is 120 g/mol. The number of ether oxygens (including phenoxy) is 1. The molecule has 1 nitrogen and oxygen atoms in total. The predicted molar refractivity (Wildman–Crippen MR) is 33.5 cm³/mol. The van der Waals surface area contributed by atoms with Crippen molar-refractivity contribution in [2.24, 2.45) is 0 Å². The fraction of sp³-hybridized carbons (Fsp3) is 0.333. The molecule has 0 aromatic carbocycles. The van der Waals surface area contributed by atoms with Gasteiger partial charge in [0.05, 0.1) is 6.61 Å². The zero-order valence-corrected chi connectivity index (χ0v) is 5.20. The molecule has 0 aliphatic carbocycles. The first kappa shape index (κ1) is 4.39. The summed E-state index contributed by atoms with van der Waals surface area (Å²) in [6.07, 6.45) is 1.12. The molecule has 0 N–H and O–H groups in total. The molecule has 1 aliphatic rings. The maximum Gasteiger partial charge on any atom is 0.133 e. The van der Waals surface area contributed by atoms with Gasteiger partial charge < -0.3 is 4.74 Å². The van der Waals surface area contributed by atoms with Gasteiger partial charge in [-0.05, 0) is 11.4 Å². The molecule has 0 spiro atoms. The van der Waals surface area contributed by atoms with E-state index in [4.69, 9.17) is 4.74 Å². The number of fused-ring (bicyclic) bond motifs is 1. The van der Waals surface area contributed by atoms with Crippen molar-refractivity contribution in [2.45, 2.75) is 6.42 Å². The second-order valence-corrected chi connectivity index (χ2v) is 2.81. The molecule has 8 heavy (non-hydrogen) atoms. The molecule has 0 bridgehead atoms. The number of hydrogen-bond donors (Lipinski definition) is 0. The van der Waals surface area contributed by atoms with Crippen LogP contribution in [0.2, 0.25) is 0 Å². The highest BCUT2D eigenvalue weighted by Gasteiger charge is 2.11. The Kier molecular flexibility index (Phi) is 0.815. The quantitative estimate of drug-likeness (QED) is 0.514. The van der Waals surface area contributed by atoms with Gasteiger partial charge in [-0.1, -0.05) is 0 Å². The monoisotopic (exact) mass is 126 g/mol. The third-order valence-electron chi connectivity index (χ3n) is 1.29. The fourth-order valence-electron chi connectivity index (χ4n) is 0.893. The molecule has 0 saturated heterocycles. The molecule has 0 radical (unpaired) electrons. The molecule has 2 heterocycles. The van der Waals surface area contributed by atoms with E-state index in [2.05, 4.69) is 5.38 Å². The first-order chi connectivity index (χ1) is 3.97. The van der Waals surface area contributed by atoms with Crippen LogP contribution in [0, 0.1) is 0 Å². The van der Waals surface area contributed by atoms with Gasteiger partial charge >= 0.3 is 0 Å². The molecule has 0 atom stereocenters. The van der Waals surface area contributed by atoms with Gasteiger partial charge in [-0.2, -0.15) is 0 Å². The van der Waals surface area contributed by atoms with Crippen LogP contribution in [0.25, 0.3) is 0 Å². The Labute approximate surface area is 51.9 Å². The molecular formula is C6H6OS. The topological polar surface area (TPSA) is 9.23 Å². The van der Waals surface area contributed by atoms with Crippen LogP contribution in [0.3, 0.4) is 0 Å². The molecule has 2 heteroatoms. The van der Waals surface area contributed by atoms with Gasteiger partial charge in [-0.15, -0.1) is 11.3 Å². The second-order valence-electron chi connectivity index (χ2n) is 1.81. The van der Waals surface area contributed by atoms with E-state index in [9.17, 15) is 0 Å². The van der Waals surface area contributed by atoms with E-state index in [-0.39, 0.29) is 0 Å². The summed E-state index contributed by atoms with van der Waals surface area (Å²) in [5.74, 6) is 1.11. The molecule has 2 rings (SSSR count). The summed E-state index contributed by atoms with van der Waals surface area (Å²) in [5, 5.41) is 2.07. The van der Waals surface area contributed by atoms with Gasteiger partial charge in [-0.3, -0.25) is 0 Å². The highest BCUT2D eigenvalue weighted by Crippen LogP contribution is 2.29. The van der Waals surface area contributed by atoms with E-state index in [1.165, 1.54) is 4.88 Å². The normalized spacial score (nSPS) is 15.5. The lowest BCUT2D eigenvalue weighted by Crippen LogP contribution is -1.86. The zero-order valence-electron chi connectivity index (χ0n) is 4.39. The van der Waals surface area contributed by atoms with Crippen molar-refractivity contribution in [1.29, 1.82) is 0 Å². The summed E-state index contributed by atoms with van der Waals surface area (Å²) < 4.78 is 5.25. The summed E-state index contributed by atoms with van der Waals surface area (Å²) in [7, 11) is 0. The minimum absolute atomic E-state index is 0.891. The van der Waals surface area contributed by atoms with E-state index in [0.29, 0.717) is 0 Å². The molecule has 0 unspecified atom stereocenters. The molecule has 1 aromatic rings.